The number of hydrogen-bond donors (Lipinski definition) is 0. The van der Waals surface area contributed by atoms with Crippen LogP contribution in [0.2, 0.25) is 0 Å². The molecule has 0 unspecified atom stereocenters. The zero-order valence-electron chi connectivity index (χ0n) is 14.8. The van der Waals surface area contributed by atoms with Crippen LogP contribution in [0.5, 0.6) is 0 Å². The Balaban J connectivity index is 2.08. The van der Waals surface area contributed by atoms with Gasteiger partial charge in [-0.2, -0.15) is 5.10 Å². The van der Waals surface area contributed by atoms with Gasteiger partial charge < -0.3 is 14.5 Å². The van der Waals surface area contributed by atoms with Crippen LogP contribution >= 0.6 is 0 Å². The van der Waals surface area contributed by atoms with Gasteiger partial charge in [0.05, 0.1) is 23.8 Å². The first-order valence-electron chi connectivity index (χ1n) is 8.50. The molecule has 0 radical (unpaired) electrons. The van der Waals surface area contributed by atoms with Crippen LogP contribution < -0.4 is 4.90 Å². The van der Waals surface area contributed by atoms with Gasteiger partial charge in [0, 0.05) is 32.2 Å². The van der Waals surface area contributed by atoms with Crippen molar-refractivity contribution in [2.24, 2.45) is 0 Å². The third-order valence-electron chi connectivity index (χ3n) is 4.36. The number of carbonyl (C=O) groups excluding carboxylic acids is 1. The fourth-order valence-corrected chi connectivity index (χ4v) is 2.96. The number of likely N-dealkylation sites (N-methyl/N-ethyl adjacent to an activating group) is 1. The number of nitrogens with zero attached hydrogens (tertiary/aromatic N) is 5. The number of carbonyl (C=O) groups is 1. The summed E-state index contributed by atoms with van der Waals surface area (Å²) in [7, 11) is 2.12. The predicted molar refractivity (Wildman–Crippen MR) is 93.6 cm³/mol. The Morgan fingerprint density at radius 3 is 2.62 bits per heavy atom. The van der Waals surface area contributed by atoms with Crippen molar-refractivity contribution in [3.63, 3.8) is 0 Å². The number of anilines is 1. The Morgan fingerprint density at radius 1 is 1.29 bits per heavy atom. The lowest BCUT2D eigenvalue weighted by Gasteiger charge is -2.33. The molecule has 1 aliphatic rings. The fraction of sp³-hybridized carbons (Fsp3) is 0.588. The Bertz CT molecular complexity index is 732. The Labute approximate surface area is 142 Å². The van der Waals surface area contributed by atoms with Crippen molar-refractivity contribution in [1.29, 1.82) is 0 Å². The summed E-state index contributed by atoms with van der Waals surface area (Å²) in [6, 6.07) is 2.02. The van der Waals surface area contributed by atoms with Crippen LogP contribution in [-0.4, -0.2) is 65.5 Å². The van der Waals surface area contributed by atoms with Gasteiger partial charge in [-0.05, 0) is 33.9 Å². The van der Waals surface area contributed by atoms with Gasteiger partial charge in [-0.3, -0.25) is 0 Å². The number of pyridine rings is 1. The maximum Gasteiger partial charge on any atom is 0.339 e. The number of esters is 1. The molecule has 7 heteroatoms. The first-order valence-corrected chi connectivity index (χ1v) is 8.50. The normalized spacial score (nSPS) is 16.1. The summed E-state index contributed by atoms with van der Waals surface area (Å²) >= 11 is 0. The van der Waals surface area contributed by atoms with E-state index in [2.05, 4.69) is 35.8 Å². The Hall–Kier alpha value is -2.15. The first kappa shape index (κ1) is 16.7. The lowest BCUT2D eigenvalue weighted by molar-refractivity contribution is 0.0528. The van der Waals surface area contributed by atoms with Crippen molar-refractivity contribution in [2.45, 2.75) is 26.8 Å². The van der Waals surface area contributed by atoms with Gasteiger partial charge >= 0.3 is 5.97 Å². The standard InChI is InChI=1S/C17H25N5O2/c1-5-24-17(23)13-10-15(21-8-6-20(4)7-9-21)19-16-14(13)11-18-22(16)12(2)3/h10-12H,5-9H2,1-4H3. The summed E-state index contributed by atoms with van der Waals surface area (Å²) in [6.45, 7) is 10.0. The molecule has 7 nitrogen and oxygen atoms in total. The van der Waals surface area contributed by atoms with Gasteiger partial charge in [-0.15, -0.1) is 0 Å². The smallest absolute Gasteiger partial charge is 0.339 e. The first-order chi connectivity index (χ1) is 11.5. The summed E-state index contributed by atoms with van der Waals surface area (Å²) in [5.74, 6) is 0.504. The molecule has 0 aliphatic carbocycles. The Kier molecular flexibility index (Phi) is 4.71. The monoisotopic (exact) mass is 331 g/mol. The molecule has 0 atom stereocenters. The van der Waals surface area contributed by atoms with Crippen molar-refractivity contribution < 1.29 is 9.53 Å². The van der Waals surface area contributed by atoms with E-state index >= 15 is 0 Å². The fourth-order valence-electron chi connectivity index (χ4n) is 2.96. The second-order valence-electron chi connectivity index (χ2n) is 6.46. The highest BCUT2D eigenvalue weighted by Crippen LogP contribution is 2.26. The minimum absolute atomic E-state index is 0.174. The van der Waals surface area contributed by atoms with Gasteiger partial charge in [-0.1, -0.05) is 0 Å². The molecule has 24 heavy (non-hydrogen) atoms. The van der Waals surface area contributed by atoms with E-state index in [9.17, 15) is 4.79 Å². The molecule has 0 spiro atoms. The third kappa shape index (κ3) is 3.08. The highest BCUT2D eigenvalue weighted by molar-refractivity contribution is 6.03. The maximum absolute atomic E-state index is 12.4. The largest absolute Gasteiger partial charge is 0.462 e. The van der Waals surface area contributed by atoms with E-state index < -0.39 is 0 Å². The molecule has 2 aromatic rings. The SMILES string of the molecule is CCOC(=O)c1cc(N2CCN(C)CC2)nc2c1cnn2C(C)C. The summed E-state index contributed by atoms with van der Waals surface area (Å²) in [5, 5.41) is 5.17. The van der Waals surface area contributed by atoms with E-state index in [4.69, 9.17) is 9.72 Å². The highest BCUT2D eigenvalue weighted by atomic mass is 16.5. The van der Waals surface area contributed by atoms with Crippen molar-refractivity contribution >= 4 is 22.8 Å². The molecule has 3 rings (SSSR count). The van der Waals surface area contributed by atoms with Crippen molar-refractivity contribution in [1.82, 2.24) is 19.7 Å². The predicted octanol–water partition coefficient (Wildman–Crippen LogP) is 1.94. The van der Waals surface area contributed by atoms with Gasteiger partial charge in [0.1, 0.15) is 5.82 Å². The number of piperazine rings is 1. The number of rotatable bonds is 4. The quantitative estimate of drug-likeness (QED) is 0.798. The molecule has 3 heterocycles. The summed E-state index contributed by atoms with van der Waals surface area (Å²) in [5.41, 5.74) is 1.28. The topological polar surface area (TPSA) is 63.5 Å². The minimum Gasteiger partial charge on any atom is -0.462 e. The number of aromatic nitrogens is 3. The van der Waals surface area contributed by atoms with Crippen molar-refractivity contribution in [3.8, 4) is 0 Å². The van der Waals surface area contributed by atoms with Crippen LogP contribution in [0.1, 0.15) is 37.2 Å². The molecule has 1 saturated heterocycles. The zero-order valence-corrected chi connectivity index (χ0v) is 14.8. The third-order valence-corrected chi connectivity index (χ3v) is 4.36. The second kappa shape index (κ2) is 6.76. The molecule has 2 aromatic heterocycles. The summed E-state index contributed by atoms with van der Waals surface area (Å²) in [4.78, 5) is 21.7. The molecule has 0 N–H and O–H groups in total. The van der Waals surface area contributed by atoms with Crippen molar-refractivity contribution in [2.75, 3.05) is 44.7 Å². The van der Waals surface area contributed by atoms with Gasteiger partial charge in [0.25, 0.3) is 0 Å². The number of ether oxygens (including phenoxy) is 1. The lowest BCUT2D eigenvalue weighted by Crippen LogP contribution is -2.44. The van der Waals surface area contributed by atoms with E-state index in [-0.39, 0.29) is 12.0 Å². The average Bonchev–Trinajstić information content (AvgIpc) is 2.99. The minimum atomic E-state index is -0.316. The molecule has 1 fully saturated rings. The van der Waals surface area contributed by atoms with Gasteiger partial charge in [0.15, 0.2) is 5.65 Å². The number of fused-ring (bicyclic) bond motifs is 1. The van der Waals surface area contributed by atoms with Crippen LogP contribution in [0, 0.1) is 0 Å². The van der Waals surface area contributed by atoms with Crippen LogP contribution in [0.25, 0.3) is 11.0 Å². The summed E-state index contributed by atoms with van der Waals surface area (Å²) < 4.78 is 7.09. The maximum atomic E-state index is 12.4. The molecule has 0 saturated carbocycles. The molecular weight excluding hydrogens is 306 g/mol. The van der Waals surface area contributed by atoms with Crippen molar-refractivity contribution in [3.05, 3.63) is 17.8 Å². The van der Waals surface area contributed by atoms with Gasteiger partial charge in [0.2, 0.25) is 0 Å². The number of hydrogen-bond acceptors (Lipinski definition) is 6. The molecule has 0 bridgehead atoms. The van der Waals surface area contributed by atoms with E-state index in [1.54, 1.807) is 6.20 Å². The average molecular weight is 331 g/mol. The summed E-state index contributed by atoms with van der Waals surface area (Å²) in [6.07, 6.45) is 1.71. The van der Waals surface area contributed by atoms with Crippen LogP contribution in [-0.2, 0) is 4.74 Å². The van der Waals surface area contributed by atoms with E-state index in [1.165, 1.54) is 0 Å². The second-order valence-corrected chi connectivity index (χ2v) is 6.46. The molecule has 1 aliphatic heterocycles. The Morgan fingerprint density at radius 2 is 2.00 bits per heavy atom. The molecule has 130 valence electrons. The van der Waals surface area contributed by atoms with Crippen LogP contribution in [0.3, 0.4) is 0 Å². The zero-order chi connectivity index (χ0) is 17.3. The lowest BCUT2D eigenvalue weighted by atomic mass is 10.1. The van der Waals surface area contributed by atoms with E-state index in [0.29, 0.717) is 12.2 Å². The molecule has 0 amide bonds. The molecular formula is C17H25N5O2. The van der Waals surface area contributed by atoms with E-state index in [0.717, 1.165) is 43.0 Å². The molecule has 0 aromatic carbocycles. The van der Waals surface area contributed by atoms with Crippen LogP contribution in [0.15, 0.2) is 12.3 Å². The van der Waals surface area contributed by atoms with Crippen LogP contribution in [0.4, 0.5) is 5.82 Å². The van der Waals surface area contributed by atoms with E-state index in [1.807, 2.05) is 17.7 Å². The highest BCUT2D eigenvalue weighted by Gasteiger charge is 2.22. The van der Waals surface area contributed by atoms with Gasteiger partial charge in [-0.25, -0.2) is 14.5 Å².